The maximum Gasteiger partial charge on any atom is 0.161 e. The van der Waals surface area contributed by atoms with Crippen LogP contribution in [0.15, 0.2) is 47.5 Å². The van der Waals surface area contributed by atoms with Crippen LogP contribution in [0.5, 0.6) is 11.5 Å². The summed E-state index contributed by atoms with van der Waals surface area (Å²) in [5.41, 5.74) is 2.70. The molecule has 4 nitrogen and oxygen atoms in total. The highest BCUT2D eigenvalue weighted by molar-refractivity contribution is 7.80. The number of thiol groups is 1. The molecule has 0 aliphatic rings. The highest BCUT2D eigenvalue weighted by Crippen LogP contribution is 2.34. The maximum absolute atomic E-state index is 5.93. The van der Waals surface area contributed by atoms with E-state index in [9.17, 15) is 0 Å². The zero-order valence-electron chi connectivity index (χ0n) is 12.6. The monoisotopic (exact) mass is 346 g/mol. The molecule has 1 aromatic heterocycles. The minimum absolute atomic E-state index is 0.622. The van der Waals surface area contributed by atoms with E-state index in [0.29, 0.717) is 27.4 Å². The fourth-order valence-electron chi connectivity index (χ4n) is 2.30. The number of imidazole rings is 1. The molecule has 3 aromatic rings. The Bertz CT molecular complexity index is 831. The van der Waals surface area contributed by atoms with E-state index in [1.807, 2.05) is 42.5 Å². The van der Waals surface area contributed by atoms with Crippen molar-refractivity contribution in [1.82, 2.24) is 9.97 Å². The largest absolute Gasteiger partial charge is 0.493 e. The zero-order chi connectivity index (χ0) is 16.4. The van der Waals surface area contributed by atoms with Gasteiger partial charge in [-0.2, -0.15) is 0 Å². The van der Waals surface area contributed by atoms with Gasteiger partial charge >= 0.3 is 0 Å². The number of halogens is 1. The van der Waals surface area contributed by atoms with Crippen molar-refractivity contribution in [2.24, 2.45) is 0 Å². The Balaban J connectivity index is 2.02. The molecule has 0 atom stereocenters. The molecule has 0 spiro atoms. The fraction of sp³-hybridized carbons (Fsp3) is 0.118. The van der Waals surface area contributed by atoms with E-state index >= 15 is 0 Å². The molecule has 0 aliphatic heterocycles. The number of nitrogens with one attached hydrogen (secondary N) is 1. The first-order valence-corrected chi connectivity index (χ1v) is 7.72. The van der Waals surface area contributed by atoms with E-state index < -0.39 is 0 Å². The van der Waals surface area contributed by atoms with Crippen LogP contribution in [0.1, 0.15) is 0 Å². The minimum atomic E-state index is 0.622. The average Bonchev–Trinajstić information content (AvgIpc) is 2.96. The molecule has 2 aromatic carbocycles. The zero-order valence-corrected chi connectivity index (χ0v) is 14.3. The summed E-state index contributed by atoms with van der Waals surface area (Å²) in [6, 6.07) is 13.1. The molecule has 23 heavy (non-hydrogen) atoms. The number of hydrogen-bond acceptors (Lipinski definition) is 4. The molecule has 3 rings (SSSR count). The lowest BCUT2D eigenvalue weighted by Crippen LogP contribution is -1.91. The number of hydrogen-bond donors (Lipinski definition) is 2. The van der Waals surface area contributed by atoms with Gasteiger partial charge in [-0.15, -0.1) is 12.6 Å². The summed E-state index contributed by atoms with van der Waals surface area (Å²) in [5.74, 6) is 2.03. The topological polar surface area (TPSA) is 47.1 Å². The van der Waals surface area contributed by atoms with Crippen LogP contribution in [0.4, 0.5) is 0 Å². The van der Waals surface area contributed by atoms with E-state index in [0.717, 1.165) is 16.8 Å². The third kappa shape index (κ3) is 3.16. The van der Waals surface area contributed by atoms with E-state index in [1.165, 1.54) is 0 Å². The van der Waals surface area contributed by atoms with Gasteiger partial charge in [-0.25, -0.2) is 4.98 Å². The van der Waals surface area contributed by atoms with Crippen LogP contribution in [0, 0.1) is 0 Å². The van der Waals surface area contributed by atoms with Gasteiger partial charge in [-0.1, -0.05) is 23.7 Å². The van der Waals surface area contributed by atoms with Crippen LogP contribution in [-0.2, 0) is 0 Å². The Morgan fingerprint density at radius 3 is 2.26 bits per heavy atom. The van der Waals surface area contributed by atoms with Crippen molar-refractivity contribution >= 4 is 24.2 Å². The third-order valence-electron chi connectivity index (χ3n) is 3.47. The summed E-state index contributed by atoms with van der Waals surface area (Å²) in [4.78, 5) is 7.79. The Kier molecular flexibility index (Phi) is 4.50. The summed E-state index contributed by atoms with van der Waals surface area (Å²) in [5, 5.41) is 1.31. The second kappa shape index (κ2) is 6.56. The number of rotatable bonds is 4. The van der Waals surface area contributed by atoms with Crippen molar-refractivity contribution in [1.29, 1.82) is 0 Å². The van der Waals surface area contributed by atoms with Crippen molar-refractivity contribution in [3.8, 4) is 34.1 Å². The standard InChI is InChI=1S/C17H15ClN2O2S/c1-21-13-8-5-11(9-14(13)22-2)16-19-15(17(23)20-16)10-3-6-12(18)7-4-10/h3-9,23H,1-2H3,(H,19,20). The maximum atomic E-state index is 5.93. The first kappa shape index (κ1) is 15.8. The normalized spacial score (nSPS) is 10.6. The molecule has 118 valence electrons. The first-order chi connectivity index (χ1) is 11.1. The number of aromatic amines is 1. The van der Waals surface area contributed by atoms with Crippen LogP contribution < -0.4 is 9.47 Å². The van der Waals surface area contributed by atoms with Gasteiger partial charge in [0.15, 0.2) is 11.5 Å². The molecular formula is C17H15ClN2O2S. The lowest BCUT2D eigenvalue weighted by molar-refractivity contribution is 0.355. The van der Waals surface area contributed by atoms with Gasteiger partial charge < -0.3 is 14.5 Å². The quantitative estimate of drug-likeness (QED) is 0.673. The van der Waals surface area contributed by atoms with Gasteiger partial charge in [0.2, 0.25) is 0 Å². The Morgan fingerprint density at radius 1 is 0.957 bits per heavy atom. The SMILES string of the molecule is COc1ccc(-c2nc(S)c(-c3ccc(Cl)cc3)[nH]2)cc1OC. The number of ether oxygens (including phenoxy) is 2. The van der Waals surface area contributed by atoms with Crippen molar-refractivity contribution < 1.29 is 9.47 Å². The Hall–Kier alpha value is -2.11. The second-order valence-electron chi connectivity index (χ2n) is 4.86. The number of methoxy groups -OCH3 is 2. The van der Waals surface area contributed by atoms with E-state index in [1.54, 1.807) is 14.2 Å². The lowest BCUT2D eigenvalue weighted by Gasteiger charge is -2.08. The molecule has 0 bridgehead atoms. The predicted molar refractivity (Wildman–Crippen MR) is 94.8 cm³/mol. The summed E-state index contributed by atoms with van der Waals surface area (Å²) < 4.78 is 10.6. The molecular weight excluding hydrogens is 332 g/mol. The summed E-state index contributed by atoms with van der Waals surface area (Å²) >= 11 is 10.4. The van der Waals surface area contributed by atoms with Crippen LogP contribution in [-0.4, -0.2) is 24.2 Å². The smallest absolute Gasteiger partial charge is 0.161 e. The molecule has 0 amide bonds. The van der Waals surface area contributed by atoms with Crippen LogP contribution in [0.25, 0.3) is 22.6 Å². The molecule has 6 heteroatoms. The van der Waals surface area contributed by atoms with Gasteiger partial charge in [-0.05, 0) is 30.3 Å². The number of H-pyrrole nitrogens is 1. The van der Waals surface area contributed by atoms with Gasteiger partial charge in [0.05, 0.1) is 19.9 Å². The lowest BCUT2D eigenvalue weighted by atomic mass is 10.1. The minimum Gasteiger partial charge on any atom is -0.493 e. The molecule has 0 unspecified atom stereocenters. The summed E-state index contributed by atoms with van der Waals surface area (Å²) in [7, 11) is 3.21. The van der Waals surface area contributed by atoms with Gasteiger partial charge in [-0.3, -0.25) is 0 Å². The summed E-state index contributed by atoms with van der Waals surface area (Å²) in [6.45, 7) is 0. The average molecular weight is 347 g/mol. The number of nitrogens with zero attached hydrogens (tertiary/aromatic N) is 1. The van der Waals surface area contributed by atoms with Crippen molar-refractivity contribution in [2.45, 2.75) is 5.03 Å². The van der Waals surface area contributed by atoms with E-state index in [2.05, 4.69) is 22.6 Å². The predicted octanol–water partition coefficient (Wildman–Crippen LogP) is 4.70. The molecule has 0 aliphatic carbocycles. The molecule has 0 radical (unpaired) electrons. The Labute approximate surface area is 144 Å². The van der Waals surface area contributed by atoms with Crippen LogP contribution in [0.2, 0.25) is 5.02 Å². The van der Waals surface area contributed by atoms with Gasteiger partial charge in [0, 0.05) is 16.1 Å². The van der Waals surface area contributed by atoms with E-state index in [-0.39, 0.29) is 0 Å². The number of benzene rings is 2. The van der Waals surface area contributed by atoms with Crippen LogP contribution in [0.3, 0.4) is 0 Å². The summed E-state index contributed by atoms with van der Waals surface area (Å²) in [6.07, 6.45) is 0. The Morgan fingerprint density at radius 2 is 1.61 bits per heavy atom. The molecule has 1 heterocycles. The van der Waals surface area contributed by atoms with Crippen molar-refractivity contribution in [3.05, 3.63) is 47.5 Å². The van der Waals surface area contributed by atoms with Gasteiger partial charge in [0.25, 0.3) is 0 Å². The molecule has 1 N–H and O–H groups in total. The molecule has 0 saturated carbocycles. The van der Waals surface area contributed by atoms with E-state index in [4.69, 9.17) is 21.1 Å². The molecule has 0 fully saturated rings. The van der Waals surface area contributed by atoms with Crippen molar-refractivity contribution in [3.63, 3.8) is 0 Å². The third-order valence-corrected chi connectivity index (χ3v) is 4.05. The highest BCUT2D eigenvalue weighted by Gasteiger charge is 2.13. The highest BCUT2D eigenvalue weighted by atomic mass is 35.5. The second-order valence-corrected chi connectivity index (χ2v) is 5.72. The first-order valence-electron chi connectivity index (χ1n) is 6.89. The van der Waals surface area contributed by atoms with Crippen LogP contribution >= 0.6 is 24.2 Å². The van der Waals surface area contributed by atoms with Crippen molar-refractivity contribution in [2.75, 3.05) is 14.2 Å². The fourth-order valence-corrected chi connectivity index (χ4v) is 2.71. The molecule has 0 saturated heterocycles. The number of aromatic nitrogens is 2. The van der Waals surface area contributed by atoms with Gasteiger partial charge in [0.1, 0.15) is 10.9 Å².